The van der Waals surface area contributed by atoms with Gasteiger partial charge in [-0.1, -0.05) is 52.2 Å². The van der Waals surface area contributed by atoms with E-state index in [1.54, 1.807) is 0 Å². The van der Waals surface area contributed by atoms with Gasteiger partial charge in [-0.15, -0.1) is 11.6 Å². The minimum Gasteiger partial charge on any atom is -0.494 e. The van der Waals surface area contributed by atoms with Crippen LogP contribution in [-0.2, 0) is 9.53 Å². The zero-order valence-electron chi connectivity index (χ0n) is 16.5. The van der Waals surface area contributed by atoms with E-state index in [4.69, 9.17) is 16.3 Å². The molecule has 0 aliphatic heterocycles. The number of carbonyl (C=O) groups is 1. The van der Waals surface area contributed by atoms with Crippen molar-refractivity contribution in [1.29, 1.82) is 0 Å². The second-order valence-electron chi connectivity index (χ2n) is 9.13. The van der Waals surface area contributed by atoms with Crippen LogP contribution >= 0.6 is 11.6 Å². The molecule has 0 N–H and O–H groups in total. The predicted octanol–water partition coefficient (Wildman–Crippen LogP) is 5.92. The molecule has 0 aromatic heterocycles. The summed E-state index contributed by atoms with van der Waals surface area (Å²) < 4.78 is 6.35. The number of alkyl halides is 1. The Labute approximate surface area is 163 Å². The van der Waals surface area contributed by atoms with E-state index in [0.717, 1.165) is 31.3 Å². The number of carbonyl (C=O) groups excluding carboxylic acids is 1. The lowest BCUT2D eigenvalue weighted by Gasteiger charge is -2.55. The van der Waals surface area contributed by atoms with Crippen LogP contribution in [0.4, 0.5) is 0 Å². The number of ether oxygens (including phenoxy) is 1. The van der Waals surface area contributed by atoms with Gasteiger partial charge >= 0.3 is 0 Å². The second-order valence-corrected chi connectivity index (χ2v) is 9.39. The summed E-state index contributed by atoms with van der Waals surface area (Å²) in [6, 6.07) is 0. The Bertz CT molecular complexity index is 638. The lowest BCUT2D eigenvalue weighted by Crippen LogP contribution is -2.55. The minimum absolute atomic E-state index is 0.0597. The van der Waals surface area contributed by atoms with E-state index >= 15 is 0 Å². The molecule has 0 heterocycles. The topological polar surface area (TPSA) is 26.3 Å². The van der Waals surface area contributed by atoms with Crippen molar-refractivity contribution in [3.05, 3.63) is 37.1 Å². The van der Waals surface area contributed by atoms with Gasteiger partial charge in [-0.2, -0.15) is 0 Å². The maximum atomic E-state index is 13.2. The fraction of sp³-hybridized carbons (Fsp3) is 0.696. The van der Waals surface area contributed by atoms with Gasteiger partial charge in [0.25, 0.3) is 0 Å². The molecule has 3 rings (SSSR count). The van der Waals surface area contributed by atoms with Crippen LogP contribution in [0.5, 0.6) is 0 Å². The lowest BCUT2D eigenvalue weighted by molar-refractivity contribution is -0.150. The van der Waals surface area contributed by atoms with Crippen molar-refractivity contribution in [3.63, 3.8) is 0 Å². The molecular formula is C23H33ClO2. The largest absolute Gasteiger partial charge is 0.494 e. The number of allylic oxidation sites excluding steroid dienone is 3. The van der Waals surface area contributed by atoms with Crippen LogP contribution in [0.1, 0.15) is 52.9 Å². The van der Waals surface area contributed by atoms with E-state index in [1.807, 2.05) is 6.08 Å². The monoisotopic (exact) mass is 376 g/mol. The predicted molar refractivity (Wildman–Crippen MR) is 108 cm³/mol. The van der Waals surface area contributed by atoms with Crippen LogP contribution in [0.2, 0.25) is 0 Å². The molecule has 0 amide bonds. The van der Waals surface area contributed by atoms with Gasteiger partial charge in [0, 0.05) is 17.8 Å². The first kappa shape index (κ1) is 19.7. The van der Waals surface area contributed by atoms with E-state index in [2.05, 4.69) is 40.5 Å². The van der Waals surface area contributed by atoms with Crippen molar-refractivity contribution in [3.8, 4) is 0 Å². The smallest absolute Gasteiger partial charge is 0.137 e. The van der Waals surface area contributed by atoms with E-state index < -0.39 is 0 Å². The third kappa shape index (κ3) is 2.63. The van der Waals surface area contributed by atoms with Gasteiger partial charge < -0.3 is 4.74 Å². The Hall–Kier alpha value is -1.02. The number of rotatable bonds is 5. The molecule has 2 unspecified atom stereocenters. The number of Topliss-reactive ketones (excluding diaryl/α,β-unsaturated/α-hetero) is 1. The highest BCUT2D eigenvalue weighted by Crippen LogP contribution is 2.68. The standard InChI is InChI=1S/C23H33ClO2/c1-7-14(2)18-12-20(26-16(4)13-24)22(6)15(3)8-10-23(17(18)5)11-9-19(25)21(22)23/h7,15,17-18,20-21H,1-2,4,8-13H2,3,5-6H3/t15?,17-,18-,20+,21?,22-,23-/m0/s1. The molecule has 7 atom stereocenters. The molecule has 3 fully saturated rings. The molecule has 2 bridgehead atoms. The van der Waals surface area contributed by atoms with Crippen LogP contribution in [0.15, 0.2) is 37.1 Å². The van der Waals surface area contributed by atoms with Crippen molar-refractivity contribution < 1.29 is 9.53 Å². The van der Waals surface area contributed by atoms with Gasteiger partial charge in [0.05, 0.1) is 5.88 Å². The Balaban J connectivity index is 2.16. The van der Waals surface area contributed by atoms with Crippen molar-refractivity contribution in [2.45, 2.75) is 59.0 Å². The number of ketones is 1. The quantitative estimate of drug-likeness (QED) is 0.338. The van der Waals surface area contributed by atoms with Crippen LogP contribution in [0.3, 0.4) is 0 Å². The van der Waals surface area contributed by atoms with Crippen molar-refractivity contribution in [1.82, 2.24) is 0 Å². The maximum absolute atomic E-state index is 13.2. The summed E-state index contributed by atoms with van der Waals surface area (Å²) in [4.78, 5) is 13.2. The summed E-state index contributed by atoms with van der Waals surface area (Å²) in [6.45, 7) is 19.2. The Kier molecular flexibility index (Phi) is 5.20. The van der Waals surface area contributed by atoms with E-state index in [9.17, 15) is 4.79 Å². The van der Waals surface area contributed by atoms with E-state index in [1.165, 1.54) is 0 Å². The zero-order valence-corrected chi connectivity index (χ0v) is 17.3. The molecular weight excluding hydrogens is 344 g/mol. The number of hydrogen-bond acceptors (Lipinski definition) is 2. The van der Waals surface area contributed by atoms with Gasteiger partial charge in [-0.25, -0.2) is 0 Å². The third-order valence-corrected chi connectivity index (χ3v) is 8.63. The van der Waals surface area contributed by atoms with E-state index in [-0.39, 0.29) is 34.6 Å². The molecule has 3 aliphatic rings. The zero-order chi connectivity index (χ0) is 19.3. The highest BCUT2D eigenvalue weighted by Gasteiger charge is 2.67. The molecule has 0 saturated heterocycles. The Morgan fingerprint density at radius 1 is 1.35 bits per heavy atom. The Morgan fingerprint density at radius 3 is 2.65 bits per heavy atom. The van der Waals surface area contributed by atoms with Crippen LogP contribution in [0, 0.1) is 34.5 Å². The summed E-state index contributed by atoms with van der Waals surface area (Å²) >= 11 is 6.00. The SMILES string of the molecule is C=CC(=C)[C@@H]1C[C@@H](OC(=C)CCl)[C@]2(C)C(C)CC[C@]3(CCC(=O)C32)[C@H]1C. The molecule has 3 saturated carbocycles. The third-order valence-electron chi connectivity index (χ3n) is 8.33. The van der Waals surface area contributed by atoms with Gasteiger partial charge in [-0.3, -0.25) is 4.79 Å². The van der Waals surface area contributed by atoms with Crippen LogP contribution in [-0.4, -0.2) is 17.8 Å². The van der Waals surface area contributed by atoms with Crippen molar-refractivity contribution in [2.75, 3.05) is 5.88 Å². The van der Waals surface area contributed by atoms with Gasteiger partial charge in [0.1, 0.15) is 17.6 Å². The molecule has 0 aromatic carbocycles. The average molecular weight is 377 g/mol. The Morgan fingerprint density at radius 2 is 2.04 bits per heavy atom. The molecule has 0 radical (unpaired) electrons. The van der Waals surface area contributed by atoms with Gasteiger partial charge in [0.15, 0.2) is 0 Å². The van der Waals surface area contributed by atoms with E-state index in [0.29, 0.717) is 29.8 Å². The first-order valence-corrected chi connectivity index (χ1v) is 10.5. The molecule has 2 nitrogen and oxygen atoms in total. The molecule has 26 heavy (non-hydrogen) atoms. The number of halogens is 1. The molecule has 3 heteroatoms. The van der Waals surface area contributed by atoms with Crippen molar-refractivity contribution in [2.24, 2.45) is 34.5 Å². The average Bonchev–Trinajstić information content (AvgIpc) is 2.96. The van der Waals surface area contributed by atoms with Gasteiger partial charge in [0.2, 0.25) is 0 Å². The maximum Gasteiger partial charge on any atom is 0.137 e. The molecule has 144 valence electrons. The second kappa shape index (κ2) is 6.86. The van der Waals surface area contributed by atoms with Crippen LogP contribution < -0.4 is 0 Å². The molecule has 0 aromatic rings. The van der Waals surface area contributed by atoms with Gasteiger partial charge in [-0.05, 0) is 48.9 Å². The number of hydrogen-bond donors (Lipinski definition) is 0. The summed E-state index contributed by atoms with van der Waals surface area (Å²) in [5, 5.41) is 0. The first-order valence-electron chi connectivity index (χ1n) is 9.96. The fourth-order valence-corrected chi connectivity index (χ4v) is 6.69. The highest BCUT2D eigenvalue weighted by molar-refractivity contribution is 6.19. The summed E-state index contributed by atoms with van der Waals surface area (Å²) in [5.41, 5.74) is 0.944. The van der Waals surface area contributed by atoms with Crippen molar-refractivity contribution >= 4 is 17.4 Å². The molecule has 0 spiro atoms. The normalized spacial score (nSPS) is 44.8. The minimum atomic E-state index is -0.189. The lowest BCUT2D eigenvalue weighted by atomic mass is 9.49. The fourth-order valence-electron chi connectivity index (χ4n) is 6.62. The highest BCUT2D eigenvalue weighted by atomic mass is 35.5. The summed E-state index contributed by atoms with van der Waals surface area (Å²) in [7, 11) is 0. The molecule has 3 aliphatic carbocycles. The summed E-state index contributed by atoms with van der Waals surface area (Å²) in [6.07, 6.45) is 6.66. The van der Waals surface area contributed by atoms with Crippen LogP contribution in [0.25, 0.3) is 0 Å². The summed E-state index contributed by atoms with van der Waals surface area (Å²) in [5.74, 6) is 2.48. The first-order chi connectivity index (χ1) is 12.2.